The van der Waals surface area contributed by atoms with E-state index in [4.69, 9.17) is 17.0 Å². The Morgan fingerprint density at radius 1 is 1.21 bits per heavy atom. The number of rotatable bonds is 5. The highest BCUT2D eigenvalue weighted by Crippen LogP contribution is 2.21. The van der Waals surface area contributed by atoms with Crippen LogP contribution in [0, 0.1) is 4.77 Å². The minimum absolute atomic E-state index is 0.0560. The van der Waals surface area contributed by atoms with Crippen LogP contribution in [0.15, 0.2) is 41.8 Å². The van der Waals surface area contributed by atoms with Crippen LogP contribution < -0.4 is 4.74 Å². The Labute approximate surface area is 172 Å². The van der Waals surface area contributed by atoms with Crippen molar-refractivity contribution in [3.63, 3.8) is 0 Å². The number of aromatic amines is 1. The van der Waals surface area contributed by atoms with Crippen molar-refractivity contribution in [3.8, 4) is 16.5 Å². The summed E-state index contributed by atoms with van der Waals surface area (Å²) in [6.45, 7) is 3.59. The number of piperazine rings is 1. The van der Waals surface area contributed by atoms with Gasteiger partial charge in [-0.25, -0.2) is 4.68 Å². The van der Waals surface area contributed by atoms with Crippen LogP contribution in [0.5, 0.6) is 5.75 Å². The SMILES string of the molecule is COc1ccc(C(=O)N2CCN(Cn3[nH]c(-c4cccs4)nc3=S)CC2)cc1. The lowest BCUT2D eigenvalue weighted by atomic mass is 10.1. The summed E-state index contributed by atoms with van der Waals surface area (Å²) in [4.78, 5) is 22.4. The minimum Gasteiger partial charge on any atom is -0.497 e. The van der Waals surface area contributed by atoms with E-state index in [2.05, 4.69) is 15.0 Å². The van der Waals surface area contributed by atoms with Gasteiger partial charge in [0.05, 0.1) is 18.7 Å². The average molecular weight is 416 g/mol. The third kappa shape index (κ3) is 4.01. The fraction of sp³-hybridized carbons (Fsp3) is 0.316. The van der Waals surface area contributed by atoms with E-state index in [0.717, 1.165) is 29.5 Å². The Balaban J connectivity index is 1.35. The van der Waals surface area contributed by atoms with E-state index in [0.29, 0.717) is 30.1 Å². The number of amides is 1. The summed E-state index contributed by atoms with van der Waals surface area (Å²) >= 11 is 7.02. The highest BCUT2D eigenvalue weighted by molar-refractivity contribution is 7.71. The molecule has 0 radical (unpaired) electrons. The van der Waals surface area contributed by atoms with Gasteiger partial charge in [-0.3, -0.25) is 14.8 Å². The number of nitrogens with zero attached hydrogens (tertiary/aromatic N) is 4. The van der Waals surface area contributed by atoms with E-state index in [-0.39, 0.29) is 5.91 Å². The molecule has 1 aromatic carbocycles. The summed E-state index contributed by atoms with van der Waals surface area (Å²) in [6, 6.07) is 11.3. The summed E-state index contributed by atoms with van der Waals surface area (Å²) in [5, 5.41) is 5.30. The molecular weight excluding hydrogens is 394 g/mol. The Hall–Kier alpha value is -2.49. The van der Waals surface area contributed by atoms with Crippen LogP contribution in [0.2, 0.25) is 0 Å². The van der Waals surface area contributed by atoms with Crippen molar-refractivity contribution in [2.75, 3.05) is 33.3 Å². The van der Waals surface area contributed by atoms with Gasteiger partial charge >= 0.3 is 0 Å². The number of nitrogens with one attached hydrogen (secondary N) is 1. The second-order valence-electron chi connectivity index (χ2n) is 6.54. The summed E-state index contributed by atoms with van der Waals surface area (Å²) in [6.07, 6.45) is 0. The standard InChI is InChI=1S/C19H21N5O2S2/c1-26-15-6-4-14(5-7-15)18(25)23-10-8-22(9-11-23)13-24-19(27)20-17(21-24)16-3-2-12-28-16/h2-7,12H,8-11,13H2,1H3,(H,20,21,27). The van der Waals surface area contributed by atoms with Crippen molar-refractivity contribution in [2.24, 2.45) is 0 Å². The van der Waals surface area contributed by atoms with Crippen LogP contribution >= 0.6 is 23.6 Å². The van der Waals surface area contributed by atoms with Gasteiger partial charge in [-0.15, -0.1) is 11.3 Å². The Morgan fingerprint density at radius 2 is 1.96 bits per heavy atom. The molecule has 1 aliphatic heterocycles. The molecule has 0 spiro atoms. The van der Waals surface area contributed by atoms with Crippen molar-refractivity contribution in [3.05, 3.63) is 52.1 Å². The van der Waals surface area contributed by atoms with Gasteiger partial charge in [0.25, 0.3) is 5.91 Å². The lowest BCUT2D eigenvalue weighted by molar-refractivity contribution is 0.0585. The van der Waals surface area contributed by atoms with Gasteiger partial charge in [-0.05, 0) is 47.9 Å². The molecule has 3 aromatic rings. The van der Waals surface area contributed by atoms with Gasteiger partial charge in [-0.2, -0.15) is 4.98 Å². The normalized spacial score (nSPS) is 15.0. The van der Waals surface area contributed by atoms with Crippen LogP contribution in [0.3, 0.4) is 0 Å². The third-order valence-electron chi connectivity index (χ3n) is 4.77. The van der Waals surface area contributed by atoms with E-state index in [1.807, 2.05) is 51.4 Å². The first-order valence-corrected chi connectivity index (χ1v) is 10.3. The maximum Gasteiger partial charge on any atom is 0.253 e. The van der Waals surface area contributed by atoms with Crippen LogP contribution in [0.25, 0.3) is 10.7 Å². The molecule has 0 aliphatic carbocycles. The van der Waals surface area contributed by atoms with Gasteiger partial charge in [0.2, 0.25) is 4.77 Å². The molecule has 1 amide bonds. The smallest absolute Gasteiger partial charge is 0.253 e. The van der Waals surface area contributed by atoms with Gasteiger partial charge in [0.15, 0.2) is 5.82 Å². The van der Waals surface area contributed by atoms with E-state index in [9.17, 15) is 4.79 Å². The molecule has 3 heterocycles. The summed E-state index contributed by atoms with van der Waals surface area (Å²) < 4.78 is 7.57. The molecule has 1 aliphatic rings. The molecule has 2 aromatic heterocycles. The number of thiophene rings is 1. The molecule has 0 bridgehead atoms. The molecule has 0 unspecified atom stereocenters. The van der Waals surface area contributed by atoms with Crippen molar-refractivity contribution in [2.45, 2.75) is 6.67 Å². The lowest BCUT2D eigenvalue weighted by Crippen LogP contribution is -2.49. The zero-order valence-electron chi connectivity index (χ0n) is 15.5. The summed E-state index contributed by atoms with van der Waals surface area (Å²) in [5.41, 5.74) is 0.686. The molecule has 1 fully saturated rings. The van der Waals surface area contributed by atoms with Crippen molar-refractivity contribution < 1.29 is 9.53 Å². The van der Waals surface area contributed by atoms with Crippen molar-refractivity contribution in [1.29, 1.82) is 0 Å². The van der Waals surface area contributed by atoms with Crippen molar-refractivity contribution >= 4 is 29.5 Å². The fourth-order valence-electron chi connectivity index (χ4n) is 3.18. The number of hydrogen-bond acceptors (Lipinski definition) is 6. The van der Waals surface area contributed by atoms with E-state index in [1.54, 1.807) is 18.4 Å². The van der Waals surface area contributed by atoms with Gasteiger partial charge in [0.1, 0.15) is 5.75 Å². The number of aromatic nitrogens is 3. The highest BCUT2D eigenvalue weighted by atomic mass is 32.1. The molecule has 9 heteroatoms. The molecule has 7 nitrogen and oxygen atoms in total. The monoisotopic (exact) mass is 415 g/mol. The molecule has 0 atom stereocenters. The molecular formula is C19H21N5O2S2. The predicted molar refractivity (Wildman–Crippen MR) is 111 cm³/mol. The largest absolute Gasteiger partial charge is 0.497 e. The molecule has 4 rings (SSSR count). The zero-order valence-corrected chi connectivity index (χ0v) is 17.1. The number of carbonyl (C=O) groups is 1. The predicted octanol–water partition coefficient (Wildman–Crippen LogP) is 3.09. The highest BCUT2D eigenvalue weighted by Gasteiger charge is 2.22. The molecule has 1 saturated heterocycles. The van der Waals surface area contributed by atoms with E-state index >= 15 is 0 Å². The summed E-state index contributed by atoms with van der Waals surface area (Å²) in [5.74, 6) is 1.60. The molecule has 0 saturated carbocycles. The third-order valence-corrected chi connectivity index (χ3v) is 5.96. The van der Waals surface area contributed by atoms with E-state index < -0.39 is 0 Å². The fourth-order valence-corrected chi connectivity index (χ4v) is 4.04. The Morgan fingerprint density at radius 3 is 2.61 bits per heavy atom. The molecule has 146 valence electrons. The minimum atomic E-state index is 0.0560. The number of carbonyl (C=O) groups excluding carboxylic acids is 1. The first-order chi connectivity index (χ1) is 13.6. The zero-order chi connectivity index (χ0) is 19.5. The lowest BCUT2D eigenvalue weighted by Gasteiger charge is -2.34. The number of methoxy groups -OCH3 is 1. The first kappa shape index (κ1) is 18.9. The molecule has 28 heavy (non-hydrogen) atoms. The van der Waals surface area contributed by atoms with Crippen LogP contribution in [0.1, 0.15) is 10.4 Å². The number of hydrogen-bond donors (Lipinski definition) is 1. The van der Waals surface area contributed by atoms with Gasteiger partial charge in [0, 0.05) is 31.7 Å². The maximum atomic E-state index is 12.7. The summed E-state index contributed by atoms with van der Waals surface area (Å²) in [7, 11) is 1.62. The van der Waals surface area contributed by atoms with Crippen LogP contribution in [0.4, 0.5) is 0 Å². The van der Waals surface area contributed by atoms with Crippen LogP contribution in [-0.4, -0.2) is 63.8 Å². The van der Waals surface area contributed by atoms with Crippen molar-refractivity contribution in [1.82, 2.24) is 24.6 Å². The quantitative estimate of drug-likeness (QED) is 0.649. The van der Waals surface area contributed by atoms with Gasteiger partial charge < -0.3 is 9.64 Å². The van der Waals surface area contributed by atoms with Crippen LogP contribution in [-0.2, 0) is 6.67 Å². The van der Waals surface area contributed by atoms with E-state index in [1.165, 1.54) is 0 Å². The average Bonchev–Trinajstić information content (AvgIpc) is 3.38. The first-order valence-electron chi connectivity index (χ1n) is 9.00. The number of ether oxygens (including phenoxy) is 1. The topological polar surface area (TPSA) is 66.4 Å². The second kappa shape index (κ2) is 8.26. The maximum absolute atomic E-state index is 12.7. The Kier molecular flexibility index (Phi) is 5.56. The Bertz CT molecular complexity index is 986. The molecule has 1 N–H and O–H groups in total. The van der Waals surface area contributed by atoms with Gasteiger partial charge in [-0.1, -0.05) is 6.07 Å². The second-order valence-corrected chi connectivity index (χ2v) is 7.85. The number of H-pyrrole nitrogens is 1. The number of benzene rings is 1.